The van der Waals surface area contributed by atoms with Crippen LogP contribution in [0.4, 0.5) is 5.69 Å². The number of nitrogens with zero attached hydrogens (tertiary/aromatic N) is 3. The quantitative estimate of drug-likeness (QED) is 0.147. The fraction of sp³-hybridized carbons (Fsp3) is 0.188. The highest BCUT2D eigenvalue weighted by Crippen LogP contribution is 2.42. The number of piperidine rings is 1. The number of thiazole rings is 1. The number of carbonyl (C=O) groups excluding carboxylic acids is 1. The summed E-state index contributed by atoms with van der Waals surface area (Å²) in [7, 11) is 0. The van der Waals surface area contributed by atoms with Gasteiger partial charge in [0.1, 0.15) is 5.76 Å². The van der Waals surface area contributed by atoms with E-state index >= 15 is 0 Å². The Morgan fingerprint density at radius 2 is 1.66 bits per heavy atom. The van der Waals surface area contributed by atoms with Crippen molar-refractivity contribution in [1.82, 2.24) is 9.88 Å². The first-order valence-corrected chi connectivity index (χ1v) is 14.5. The molecule has 9 heteroatoms. The molecule has 1 saturated heterocycles. The molecule has 1 amide bonds. The summed E-state index contributed by atoms with van der Waals surface area (Å²) in [5.41, 5.74) is 4.58. The predicted octanol–water partition coefficient (Wildman–Crippen LogP) is 8.63. The van der Waals surface area contributed by atoms with Crippen molar-refractivity contribution in [3.05, 3.63) is 116 Å². The number of carbonyl (C=O) groups is 1. The first-order chi connectivity index (χ1) is 19.9. The molecule has 0 radical (unpaired) electrons. The normalized spacial score (nSPS) is 13.9. The van der Waals surface area contributed by atoms with Gasteiger partial charge in [-0.05, 0) is 55.7 Å². The minimum atomic E-state index is -0.453. The van der Waals surface area contributed by atoms with Crippen molar-refractivity contribution in [3.63, 3.8) is 0 Å². The third kappa shape index (κ3) is 5.53. The number of furan rings is 1. The van der Waals surface area contributed by atoms with Gasteiger partial charge < -0.3 is 9.32 Å². The topological polar surface area (TPSA) is 89.5 Å². The summed E-state index contributed by atoms with van der Waals surface area (Å²) in [5, 5.41) is 13.2. The van der Waals surface area contributed by atoms with Crippen LogP contribution in [0.25, 0.3) is 33.0 Å². The van der Waals surface area contributed by atoms with Gasteiger partial charge in [-0.1, -0.05) is 65.7 Å². The van der Waals surface area contributed by atoms with Crippen LogP contribution in [0.5, 0.6) is 0 Å². The molecule has 7 nitrogen and oxygen atoms in total. The van der Waals surface area contributed by atoms with E-state index in [-0.39, 0.29) is 23.3 Å². The maximum absolute atomic E-state index is 13.3. The molecule has 1 fully saturated rings. The van der Waals surface area contributed by atoms with Crippen molar-refractivity contribution in [2.75, 3.05) is 13.1 Å². The van der Waals surface area contributed by atoms with Crippen LogP contribution < -0.4 is 0 Å². The average molecular weight is 584 g/mol. The van der Waals surface area contributed by atoms with Gasteiger partial charge in [-0.15, -0.1) is 11.3 Å². The summed E-state index contributed by atoms with van der Waals surface area (Å²) < 4.78 is 5.81. The van der Waals surface area contributed by atoms with Crippen LogP contribution in [0.2, 0.25) is 5.02 Å². The van der Waals surface area contributed by atoms with E-state index < -0.39 is 4.92 Å². The zero-order valence-electron chi connectivity index (χ0n) is 22.2. The molecule has 0 bridgehead atoms. The van der Waals surface area contributed by atoms with E-state index in [1.807, 2.05) is 24.3 Å². The highest BCUT2D eigenvalue weighted by Gasteiger charge is 2.29. The minimum Gasteiger partial charge on any atom is -0.451 e. The van der Waals surface area contributed by atoms with Gasteiger partial charge in [0.05, 0.1) is 26.1 Å². The molecule has 6 rings (SSSR count). The van der Waals surface area contributed by atoms with E-state index in [9.17, 15) is 14.9 Å². The van der Waals surface area contributed by atoms with E-state index in [2.05, 4.69) is 31.2 Å². The number of hydrogen-bond donors (Lipinski definition) is 0. The summed E-state index contributed by atoms with van der Waals surface area (Å²) >= 11 is 7.87. The Hall–Kier alpha value is -4.27. The summed E-state index contributed by atoms with van der Waals surface area (Å²) in [5.74, 6) is 0.497. The van der Waals surface area contributed by atoms with Gasteiger partial charge in [0, 0.05) is 35.7 Å². The number of aromatic nitrogens is 1. The van der Waals surface area contributed by atoms with Crippen LogP contribution in [0.1, 0.15) is 39.9 Å². The maximum atomic E-state index is 13.3. The van der Waals surface area contributed by atoms with Crippen molar-refractivity contribution in [2.45, 2.75) is 25.7 Å². The van der Waals surface area contributed by atoms with Gasteiger partial charge in [0.15, 0.2) is 5.76 Å². The lowest BCUT2D eigenvalue weighted by atomic mass is 9.97. The Labute approximate surface area is 246 Å². The molecular formula is C32H26ClN3O4S. The van der Waals surface area contributed by atoms with Crippen molar-refractivity contribution in [3.8, 4) is 33.0 Å². The molecule has 3 heterocycles. The lowest BCUT2D eigenvalue weighted by molar-refractivity contribution is -0.384. The number of rotatable bonds is 6. The van der Waals surface area contributed by atoms with Crippen molar-refractivity contribution in [1.29, 1.82) is 0 Å². The molecule has 0 aliphatic carbocycles. The number of para-hydroxylation sites is 1. The Bertz CT molecular complexity index is 1660. The first kappa shape index (κ1) is 26.9. The van der Waals surface area contributed by atoms with Crippen LogP contribution in [-0.2, 0) is 0 Å². The number of hydrogen-bond acceptors (Lipinski definition) is 6. The van der Waals surface area contributed by atoms with Crippen LogP contribution in [0.15, 0.2) is 89.3 Å². The van der Waals surface area contributed by atoms with E-state index in [1.54, 1.807) is 46.6 Å². The van der Waals surface area contributed by atoms with Gasteiger partial charge in [-0.3, -0.25) is 14.9 Å². The number of nitro groups is 1. The highest BCUT2D eigenvalue weighted by molar-refractivity contribution is 7.15. The van der Waals surface area contributed by atoms with Crippen LogP contribution >= 0.6 is 22.9 Å². The molecular weight excluding hydrogens is 558 g/mol. The molecule has 206 valence electrons. The number of halogens is 1. The van der Waals surface area contributed by atoms with Crippen LogP contribution in [0.3, 0.4) is 0 Å². The van der Waals surface area contributed by atoms with E-state index in [4.69, 9.17) is 21.0 Å². The summed E-state index contributed by atoms with van der Waals surface area (Å²) in [6, 6.07) is 25.8. The van der Waals surface area contributed by atoms with Crippen molar-refractivity contribution < 1.29 is 14.1 Å². The number of amides is 1. The van der Waals surface area contributed by atoms with Gasteiger partial charge >= 0.3 is 0 Å². The molecule has 1 aliphatic rings. The second-order valence-electron chi connectivity index (χ2n) is 10.1. The second kappa shape index (κ2) is 11.3. The summed E-state index contributed by atoms with van der Waals surface area (Å²) in [4.78, 5) is 32.3. The fourth-order valence-corrected chi connectivity index (χ4v) is 6.53. The zero-order valence-corrected chi connectivity index (χ0v) is 23.8. The lowest BCUT2D eigenvalue weighted by Crippen LogP contribution is -2.37. The van der Waals surface area contributed by atoms with Crippen LogP contribution in [0, 0.1) is 17.0 Å². The van der Waals surface area contributed by atoms with Crippen molar-refractivity contribution in [2.24, 2.45) is 0 Å². The monoisotopic (exact) mass is 583 g/mol. The molecule has 0 spiro atoms. The number of aryl methyl sites for hydroxylation is 1. The Balaban J connectivity index is 1.20. The molecule has 0 N–H and O–H groups in total. The smallest absolute Gasteiger partial charge is 0.289 e. The standard InChI is InChI=1S/C32H26ClN3O4S/c1-20-6-8-22(9-7-20)30-29(21-10-12-24(33)13-11-21)34-31(41-30)23-16-18-35(19-17-23)32(37)28-15-14-27(40-28)25-4-2-3-5-26(25)36(38)39/h2-15,23H,16-19H2,1H3. The van der Waals surface area contributed by atoms with Gasteiger partial charge in [0.2, 0.25) is 0 Å². The second-order valence-corrected chi connectivity index (χ2v) is 11.6. The molecule has 5 aromatic rings. The third-order valence-electron chi connectivity index (χ3n) is 7.39. The van der Waals surface area contributed by atoms with E-state index in [0.29, 0.717) is 29.4 Å². The highest BCUT2D eigenvalue weighted by atomic mass is 35.5. The zero-order chi connectivity index (χ0) is 28.5. The predicted molar refractivity (Wildman–Crippen MR) is 161 cm³/mol. The molecule has 3 aromatic carbocycles. The SMILES string of the molecule is Cc1ccc(-c2sc(C3CCN(C(=O)c4ccc(-c5ccccc5[N+](=O)[O-])o4)CC3)nc2-c2ccc(Cl)cc2)cc1. The van der Waals surface area contributed by atoms with Gasteiger partial charge in [0.25, 0.3) is 11.6 Å². The van der Waals surface area contributed by atoms with Crippen molar-refractivity contribution >= 4 is 34.5 Å². The van der Waals surface area contributed by atoms with Gasteiger partial charge in [-0.2, -0.15) is 0 Å². The first-order valence-electron chi connectivity index (χ1n) is 13.3. The van der Waals surface area contributed by atoms with Crippen LogP contribution in [-0.4, -0.2) is 33.8 Å². The summed E-state index contributed by atoms with van der Waals surface area (Å²) in [6.45, 7) is 3.22. The molecule has 1 aliphatic heterocycles. The molecule has 0 unspecified atom stereocenters. The molecule has 0 saturated carbocycles. The number of nitro benzene ring substituents is 1. The average Bonchev–Trinajstić information content (AvgIpc) is 3.66. The molecule has 41 heavy (non-hydrogen) atoms. The Morgan fingerprint density at radius 1 is 0.976 bits per heavy atom. The lowest BCUT2D eigenvalue weighted by Gasteiger charge is -2.30. The van der Waals surface area contributed by atoms with E-state index in [0.717, 1.165) is 39.5 Å². The van der Waals surface area contributed by atoms with E-state index in [1.165, 1.54) is 11.6 Å². The largest absolute Gasteiger partial charge is 0.451 e. The minimum absolute atomic E-state index is 0.0620. The molecule has 0 atom stereocenters. The fourth-order valence-electron chi connectivity index (χ4n) is 5.14. The number of benzene rings is 3. The third-order valence-corrected chi connectivity index (χ3v) is 8.91. The summed E-state index contributed by atoms with van der Waals surface area (Å²) in [6.07, 6.45) is 1.56. The number of likely N-dealkylation sites (tertiary alicyclic amines) is 1. The maximum Gasteiger partial charge on any atom is 0.289 e. The van der Waals surface area contributed by atoms with Gasteiger partial charge in [-0.25, -0.2) is 4.98 Å². The Morgan fingerprint density at radius 3 is 2.37 bits per heavy atom. The Kier molecular flexibility index (Phi) is 7.43. The molecule has 2 aromatic heterocycles.